The zero-order chi connectivity index (χ0) is 28.2. The minimum absolute atomic E-state index is 0.191. The number of ether oxygens (including phenoxy) is 2. The lowest BCUT2D eigenvalue weighted by Crippen LogP contribution is -2.43. The van der Waals surface area contributed by atoms with Crippen molar-refractivity contribution >= 4 is 31.3 Å². The van der Waals surface area contributed by atoms with E-state index in [2.05, 4.69) is 85.9 Å². The maximum Gasteiger partial charge on any atom is 0.330 e. The van der Waals surface area contributed by atoms with Gasteiger partial charge in [-0.15, -0.1) is 0 Å². The zero-order valence-corrected chi connectivity index (χ0v) is 25.6. The van der Waals surface area contributed by atoms with Crippen LogP contribution in [0.15, 0.2) is 54.7 Å². The number of benzene rings is 2. The van der Waals surface area contributed by atoms with Crippen LogP contribution >= 0.6 is 0 Å². The van der Waals surface area contributed by atoms with Crippen LogP contribution in [0.25, 0.3) is 17.0 Å². The molecule has 2 aromatic carbocycles. The van der Waals surface area contributed by atoms with Gasteiger partial charge in [0.2, 0.25) is 0 Å². The van der Waals surface area contributed by atoms with Gasteiger partial charge in [0.05, 0.1) is 14.2 Å². The van der Waals surface area contributed by atoms with Crippen LogP contribution < -0.4 is 4.74 Å². The van der Waals surface area contributed by atoms with E-state index in [0.717, 1.165) is 50.4 Å². The maximum absolute atomic E-state index is 11.5. The average Bonchev–Trinajstić information content (AvgIpc) is 3.51. The molecule has 7 heteroatoms. The Hall–Kier alpha value is -2.87. The van der Waals surface area contributed by atoms with Crippen LogP contribution in [-0.2, 0) is 26.9 Å². The summed E-state index contributed by atoms with van der Waals surface area (Å²) in [5.41, 5.74) is 5.00. The summed E-state index contributed by atoms with van der Waals surface area (Å²) in [5, 5.41) is 1.39. The Bertz CT molecular complexity index is 1320. The Kier molecular flexibility index (Phi) is 9.04. The van der Waals surface area contributed by atoms with Gasteiger partial charge in [0.15, 0.2) is 8.32 Å². The van der Waals surface area contributed by atoms with Gasteiger partial charge >= 0.3 is 5.97 Å². The highest BCUT2D eigenvalue weighted by molar-refractivity contribution is 6.74. The number of aromatic nitrogens is 1. The predicted molar refractivity (Wildman–Crippen MR) is 162 cm³/mol. The Morgan fingerprint density at radius 1 is 1.10 bits per heavy atom. The number of carbonyl (C=O) groups excluding carboxylic acids is 1. The third-order valence-electron chi connectivity index (χ3n) is 8.52. The molecule has 1 atom stereocenters. The fourth-order valence-corrected chi connectivity index (χ4v) is 6.16. The standard InChI is InChI=1S/C32H44N2O4Si/c1-32(2,3)39(6,7)38-21-20-34(19-18-33-17-16-26-23-27(36-4)11-14-29(26)33)30-13-10-25-22-24(8-12-28(25)30)9-15-31(35)37-5/h8-9,11-12,14-17,22-23,30H,10,13,18-21H2,1-7H3/b15-9+. The molecule has 39 heavy (non-hydrogen) atoms. The maximum atomic E-state index is 11.5. The molecule has 0 N–H and O–H groups in total. The molecule has 1 aliphatic rings. The summed E-state index contributed by atoms with van der Waals surface area (Å²) in [5.74, 6) is 0.547. The molecule has 0 bridgehead atoms. The van der Waals surface area contributed by atoms with Crippen molar-refractivity contribution in [1.29, 1.82) is 0 Å². The summed E-state index contributed by atoms with van der Waals surface area (Å²) in [7, 11) is 1.28. The quantitative estimate of drug-likeness (QED) is 0.149. The SMILES string of the molecule is COC(=O)/C=C/c1ccc2c(c1)CCC2N(CCO[Si](C)(C)C(C)(C)C)CCn1ccc2cc(OC)ccc21. The topological polar surface area (TPSA) is 52.9 Å². The van der Waals surface area contributed by atoms with Crippen molar-refractivity contribution in [2.75, 3.05) is 33.9 Å². The van der Waals surface area contributed by atoms with Gasteiger partial charge in [0.25, 0.3) is 0 Å². The van der Waals surface area contributed by atoms with Crippen molar-refractivity contribution in [2.24, 2.45) is 0 Å². The summed E-state index contributed by atoms with van der Waals surface area (Å²) in [4.78, 5) is 14.2. The van der Waals surface area contributed by atoms with Crippen molar-refractivity contribution in [3.8, 4) is 5.75 Å². The van der Waals surface area contributed by atoms with Gasteiger partial charge in [0.1, 0.15) is 5.75 Å². The van der Waals surface area contributed by atoms with Crippen molar-refractivity contribution in [3.63, 3.8) is 0 Å². The number of carbonyl (C=O) groups is 1. The third-order valence-corrected chi connectivity index (χ3v) is 13.1. The van der Waals surface area contributed by atoms with Crippen molar-refractivity contribution < 1.29 is 18.7 Å². The number of aryl methyl sites for hydroxylation is 1. The Labute approximate surface area is 234 Å². The highest BCUT2D eigenvalue weighted by atomic mass is 28.4. The summed E-state index contributed by atoms with van der Waals surface area (Å²) < 4.78 is 19.1. The van der Waals surface area contributed by atoms with E-state index in [4.69, 9.17) is 13.9 Å². The van der Waals surface area contributed by atoms with Crippen LogP contribution in [0.3, 0.4) is 0 Å². The Morgan fingerprint density at radius 3 is 2.62 bits per heavy atom. The van der Waals surface area contributed by atoms with Crippen molar-refractivity contribution in [1.82, 2.24) is 9.47 Å². The van der Waals surface area contributed by atoms with E-state index in [1.165, 1.54) is 35.2 Å². The van der Waals surface area contributed by atoms with Crippen molar-refractivity contribution in [2.45, 2.75) is 64.3 Å². The molecule has 0 aliphatic heterocycles. The van der Waals surface area contributed by atoms with Gasteiger partial charge in [-0.3, -0.25) is 4.90 Å². The van der Waals surface area contributed by atoms with Gasteiger partial charge in [-0.1, -0.05) is 39.0 Å². The highest BCUT2D eigenvalue weighted by Crippen LogP contribution is 2.38. The highest BCUT2D eigenvalue weighted by Gasteiger charge is 2.37. The number of nitrogens with zero attached hydrogens (tertiary/aromatic N) is 2. The monoisotopic (exact) mass is 548 g/mol. The van der Waals surface area contributed by atoms with E-state index < -0.39 is 8.32 Å². The van der Waals surface area contributed by atoms with E-state index in [9.17, 15) is 4.79 Å². The molecule has 0 radical (unpaired) electrons. The molecule has 1 aromatic heterocycles. The molecule has 4 rings (SSSR count). The number of rotatable bonds is 11. The molecule has 1 heterocycles. The molecule has 0 fully saturated rings. The summed E-state index contributed by atoms with van der Waals surface area (Å²) in [6.07, 6.45) is 7.61. The molecule has 1 aliphatic carbocycles. The number of hydrogen-bond acceptors (Lipinski definition) is 5. The number of fused-ring (bicyclic) bond motifs is 2. The fraction of sp³-hybridized carbons (Fsp3) is 0.469. The Morgan fingerprint density at radius 2 is 1.90 bits per heavy atom. The molecule has 6 nitrogen and oxygen atoms in total. The molecule has 210 valence electrons. The average molecular weight is 549 g/mol. The largest absolute Gasteiger partial charge is 0.497 e. The summed E-state index contributed by atoms with van der Waals surface area (Å²) in [6.45, 7) is 15.0. The molecule has 0 amide bonds. The first kappa shape index (κ1) is 29.1. The molecular weight excluding hydrogens is 504 g/mol. The van der Waals surface area contributed by atoms with Gasteiger partial charge in [-0.25, -0.2) is 4.79 Å². The fourth-order valence-electron chi connectivity index (χ4n) is 5.12. The van der Waals surface area contributed by atoms with Crippen molar-refractivity contribution in [3.05, 3.63) is 71.4 Å². The van der Waals surface area contributed by atoms with Gasteiger partial charge in [0, 0.05) is 55.5 Å². The van der Waals surface area contributed by atoms with E-state index in [-0.39, 0.29) is 11.0 Å². The second-order valence-corrected chi connectivity index (χ2v) is 16.8. The molecule has 0 saturated carbocycles. The van der Waals surface area contributed by atoms with E-state index in [1.807, 2.05) is 12.1 Å². The third kappa shape index (κ3) is 6.83. The second kappa shape index (κ2) is 12.1. The van der Waals surface area contributed by atoms with Crippen LogP contribution in [0.4, 0.5) is 0 Å². The number of esters is 1. The van der Waals surface area contributed by atoms with Gasteiger partial charge in [-0.2, -0.15) is 0 Å². The molecule has 1 unspecified atom stereocenters. The summed E-state index contributed by atoms with van der Waals surface area (Å²) in [6, 6.07) is 15.3. The minimum atomic E-state index is -1.82. The molecular formula is C32H44N2O4Si. The Balaban J connectivity index is 1.53. The van der Waals surface area contributed by atoms with E-state index in [1.54, 1.807) is 7.11 Å². The number of methoxy groups -OCH3 is 2. The van der Waals surface area contributed by atoms with E-state index >= 15 is 0 Å². The first-order valence-electron chi connectivity index (χ1n) is 13.9. The molecule has 0 saturated heterocycles. The van der Waals surface area contributed by atoms with Gasteiger partial charge < -0.3 is 18.5 Å². The summed E-state index contributed by atoms with van der Waals surface area (Å²) >= 11 is 0. The first-order chi connectivity index (χ1) is 18.5. The van der Waals surface area contributed by atoms with Crippen LogP contribution in [0, 0.1) is 0 Å². The predicted octanol–water partition coefficient (Wildman–Crippen LogP) is 6.85. The zero-order valence-electron chi connectivity index (χ0n) is 24.6. The van der Waals surface area contributed by atoms with Gasteiger partial charge in [-0.05, 0) is 78.0 Å². The second-order valence-electron chi connectivity index (χ2n) is 11.9. The van der Waals surface area contributed by atoms with Crippen LogP contribution in [0.2, 0.25) is 18.1 Å². The number of hydrogen-bond donors (Lipinski definition) is 0. The van der Waals surface area contributed by atoms with Crippen LogP contribution in [0.1, 0.15) is 49.9 Å². The smallest absolute Gasteiger partial charge is 0.330 e. The van der Waals surface area contributed by atoms with Crippen LogP contribution in [-0.4, -0.2) is 57.7 Å². The lowest BCUT2D eigenvalue weighted by atomic mass is 10.0. The van der Waals surface area contributed by atoms with Crippen LogP contribution in [0.5, 0.6) is 5.75 Å². The minimum Gasteiger partial charge on any atom is -0.497 e. The lowest BCUT2D eigenvalue weighted by Gasteiger charge is -2.37. The van der Waals surface area contributed by atoms with E-state index in [0.29, 0.717) is 6.04 Å². The molecule has 0 spiro atoms. The molecule has 3 aromatic rings. The first-order valence-corrected chi connectivity index (χ1v) is 16.8. The lowest BCUT2D eigenvalue weighted by molar-refractivity contribution is -0.134. The normalized spacial score (nSPS) is 15.8.